The first-order chi connectivity index (χ1) is 9.63. The standard InChI is InChI=1S/C15H23N5/c1-12-6-8-20(9-7-12)11-14-4-2-13(3-5-14)10-18-19-15(16)17/h2-5,10,12H,6-9,11H2,1H3,(H4,16,17,19). The van der Waals surface area contributed by atoms with Crippen LogP contribution in [0.1, 0.15) is 30.9 Å². The largest absolute Gasteiger partial charge is 0.369 e. The topological polar surface area (TPSA) is 80.0 Å². The molecule has 1 aromatic carbocycles. The summed E-state index contributed by atoms with van der Waals surface area (Å²) in [6, 6.07) is 8.34. The van der Waals surface area contributed by atoms with Gasteiger partial charge in [0.1, 0.15) is 0 Å². The molecule has 5 nitrogen and oxygen atoms in total. The van der Waals surface area contributed by atoms with Gasteiger partial charge in [0.2, 0.25) is 5.96 Å². The highest BCUT2D eigenvalue weighted by Crippen LogP contribution is 2.18. The number of piperidine rings is 1. The summed E-state index contributed by atoms with van der Waals surface area (Å²) >= 11 is 0. The van der Waals surface area contributed by atoms with E-state index in [-0.39, 0.29) is 5.96 Å². The van der Waals surface area contributed by atoms with Crippen molar-refractivity contribution in [2.75, 3.05) is 13.1 Å². The number of benzene rings is 1. The van der Waals surface area contributed by atoms with Crippen LogP contribution < -0.4 is 11.5 Å². The molecule has 1 aliphatic heterocycles. The van der Waals surface area contributed by atoms with Gasteiger partial charge < -0.3 is 11.5 Å². The van der Waals surface area contributed by atoms with E-state index in [0.29, 0.717) is 0 Å². The summed E-state index contributed by atoms with van der Waals surface area (Å²) in [5, 5.41) is 7.37. The van der Waals surface area contributed by atoms with Crippen LogP contribution in [0, 0.1) is 5.92 Å². The van der Waals surface area contributed by atoms with E-state index in [0.717, 1.165) is 18.0 Å². The van der Waals surface area contributed by atoms with Crippen molar-refractivity contribution in [2.24, 2.45) is 27.6 Å². The summed E-state index contributed by atoms with van der Waals surface area (Å²) in [6.45, 7) is 5.77. The monoisotopic (exact) mass is 273 g/mol. The molecule has 0 bridgehead atoms. The average Bonchev–Trinajstić information content (AvgIpc) is 2.43. The molecule has 0 aromatic heterocycles. The molecule has 1 aliphatic rings. The molecule has 1 saturated heterocycles. The van der Waals surface area contributed by atoms with E-state index >= 15 is 0 Å². The number of nitrogens with two attached hydrogens (primary N) is 2. The van der Waals surface area contributed by atoms with Gasteiger partial charge in [-0.2, -0.15) is 5.10 Å². The Bertz CT molecular complexity index is 466. The third-order valence-corrected chi connectivity index (χ3v) is 3.64. The van der Waals surface area contributed by atoms with Gasteiger partial charge in [-0.3, -0.25) is 4.90 Å². The van der Waals surface area contributed by atoms with Gasteiger partial charge in [-0.25, -0.2) is 0 Å². The molecule has 1 aromatic rings. The van der Waals surface area contributed by atoms with Gasteiger partial charge in [0, 0.05) is 6.54 Å². The fourth-order valence-electron chi connectivity index (χ4n) is 2.35. The molecule has 20 heavy (non-hydrogen) atoms. The van der Waals surface area contributed by atoms with Crippen LogP contribution in [-0.4, -0.2) is 30.2 Å². The third-order valence-electron chi connectivity index (χ3n) is 3.64. The van der Waals surface area contributed by atoms with Gasteiger partial charge in [-0.15, -0.1) is 5.10 Å². The van der Waals surface area contributed by atoms with Crippen LogP contribution >= 0.6 is 0 Å². The van der Waals surface area contributed by atoms with Crippen LogP contribution in [0.15, 0.2) is 34.5 Å². The highest BCUT2D eigenvalue weighted by molar-refractivity contribution is 5.81. The third kappa shape index (κ3) is 4.66. The Balaban J connectivity index is 1.88. The maximum absolute atomic E-state index is 5.20. The van der Waals surface area contributed by atoms with Crippen LogP contribution in [-0.2, 0) is 6.54 Å². The van der Waals surface area contributed by atoms with E-state index in [1.54, 1.807) is 6.21 Å². The minimum Gasteiger partial charge on any atom is -0.369 e. The second kappa shape index (κ2) is 7.05. The molecule has 0 radical (unpaired) electrons. The van der Waals surface area contributed by atoms with E-state index < -0.39 is 0 Å². The second-order valence-electron chi connectivity index (χ2n) is 5.47. The number of hydrogen-bond donors (Lipinski definition) is 2. The first-order valence-electron chi connectivity index (χ1n) is 7.07. The molecule has 2 rings (SSSR count). The molecule has 1 fully saturated rings. The normalized spacial score (nSPS) is 17.4. The first-order valence-corrected chi connectivity index (χ1v) is 7.07. The number of nitrogens with zero attached hydrogens (tertiary/aromatic N) is 3. The van der Waals surface area contributed by atoms with E-state index in [1.165, 1.54) is 31.5 Å². The number of guanidine groups is 1. The zero-order valence-electron chi connectivity index (χ0n) is 12.0. The number of hydrogen-bond acceptors (Lipinski definition) is 3. The summed E-state index contributed by atoms with van der Waals surface area (Å²) < 4.78 is 0. The number of likely N-dealkylation sites (tertiary alicyclic amines) is 1. The molecule has 0 atom stereocenters. The van der Waals surface area contributed by atoms with Crippen LogP contribution in [0.5, 0.6) is 0 Å². The van der Waals surface area contributed by atoms with Gasteiger partial charge in [0.15, 0.2) is 0 Å². The summed E-state index contributed by atoms with van der Waals surface area (Å²) in [7, 11) is 0. The Morgan fingerprint density at radius 2 is 1.90 bits per heavy atom. The van der Waals surface area contributed by atoms with Crippen molar-refractivity contribution in [3.63, 3.8) is 0 Å². The average molecular weight is 273 g/mol. The molecule has 5 heteroatoms. The molecule has 0 saturated carbocycles. The fourth-order valence-corrected chi connectivity index (χ4v) is 2.35. The highest BCUT2D eigenvalue weighted by Gasteiger charge is 2.15. The van der Waals surface area contributed by atoms with E-state index in [4.69, 9.17) is 11.5 Å². The van der Waals surface area contributed by atoms with Crippen molar-refractivity contribution in [3.05, 3.63) is 35.4 Å². The van der Waals surface area contributed by atoms with E-state index in [9.17, 15) is 0 Å². The van der Waals surface area contributed by atoms with Crippen LogP contribution in [0.25, 0.3) is 0 Å². The maximum Gasteiger partial charge on any atom is 0.211 e. The Hall–Kier alpha value is -1.88. The van der Waals surface area contributed by atoms with Crippen molar-refractivity contribution >= 4 is 12.2 Å². The lowest BCUT2D eigenvalue weighted by molar-refractivity contribution is 0.185. The lowest BCUT2D eigenvalue weighted by Crippen LogP contribution is -2.32. The molecule has 0 spiro atoms. The molecular formula is C15H23N5. The summed E-state index contributed by atoms with van der Waals surface area (Å²) in [6.07, 6.45) is 4.26. The van der Waals surface area contributed by atoms with Crippen LogP contribution in [0.4, 0.5) is 0 Å². The molecule has 108 valence electrons. The molecular weight excluding hydrogens is 250 g/mol. The maximum atomic E-state index is 5.20. The Kier molecular flexibility index (Phi) is 5.12. The first kappa shape index (κ1) is 14.5. The zero-order valence-corrected chi connectivity index (χ0v) is 12.0. The molecule has 0 unspecified atom stereocenters. The van der Waals surface area contributed by atoms with Crippen molar-refractivity contribution < 1.29 is 0 Å². The lowest BCUT2D eigenvalue weighted by Gasteiger charge is -2.30. The van der Waals surface area contributed by atoms with Gasteiger partial charge >= 0.3 is 0 Å². The van der Waals surface area contributed by atoms with Crippen LogP contribution in [0.3, 0.4) is 0 Å². The summed E-state index contributed by atoms with van der Waals surface area (Å²) in [4.78, 5) is 2.52. The smallest absolute Gasteiger partial charge is 0.211 e. The summed E-state index contributed by atoms with van der Waals surface area (Å²) in [5.41, 5.74) is 12.7. The van der Waals surface area contributed by atoms with Crippen molar-refractivity contribution in [3.8, 4) is 0 Å². The molecule has 1 heterocycles. The quantitative estimate of drug-likeness (QED) is 0.496. The minimum atomic E-state index is -0.0304. The molecule has 0 aliphatic carbocycles. The van der Waals surface area contributed by atoms with Gasteiger partial charge in [-0.1, -0.05) is 31.2 Å². The van der Waals surface area contributed by atoms with Crippen molar-refractivity contribution in [1.29, 1.82) is 0 Å². The van der Waals surface area contributed by atoms with Gasteiger partial charge in [-0.05, 0) is 43.0 Å². The zero-order chi connectivity index (χ0) is 14.4. The SMILES string of the molecule is CC1CCN(Cc2ccc(C=NN=C(N)N)cc2)CC1. The Morgan fingerprint density at radius 1 is 1.25 bits per heavy atom. The van der Waals surface area contributed by atoms with E-state index in [1.807, 2.05) is 12.1 Å². The summed E-state index contributed by atoms with van der Waals surface area (Å²) in [5.74, 6) is 0.845. The Labute approximate surface area is 120 Å². The van der Waals surface area contributed by atoms with E-state index in [2.05, 4.69) is 34.2 Å². The van der Waals surface area contributed by atoms with Gasteiger partial charge in [0.25, 0.3) is 0 Å². The predicted molar refractivity (Wildman–Crippen MR) is 83.5 cm³/mol. The number of rotatable bonds is 4. The predicted octanol–water partition coefficient (Wildman–Crippen LogP) is 1.53. The minimum absolute atomic E-state index is 0.0304. The lowest BCUT2D eigenvalue weighted by atomic mass is 9.99. The highest BCUT2D eigenvalue weighted by atomic mass is 15.3. The molecule has 0 amide bonds. The van der Waals surface area contributed by atoms with Crippen LogP contribution in [0.2, 0.25) is 0 Å². The van der Waals surface area contributed by atoms with Crippen molar-refractivity contribution in [1.82, 2.24) is 4.90 Å². The molecule has 4 N–H and O–H groups in total. The Morgan fingerprint density at radius 3 is 2.50 bits per heavy atom. The second-order valence-corrected chi connectivity index (χ2v) is 5.47. The fraction of sp³-hybridized carbons (Fsp3) is 0.467. The van der Waals surface area contributed by atoms with Gasteiger partial charge in [0.05, 0.1) is 6.21 Å². The van der Waals surface area contributed by atoms with Crippen molar-refractivity contribution in [2.45, 2.75) is 26.3 Å².